The lowest BCUT2D eigenvalue weighted by atomic mass is 9.95. The number of imidazole rings is 1. The molecule has 1 atom stereocenters. The third kappa shape index (κ3) is 2.86. The first kappa shape index (κ1) is 14.7. The number of para-hydroxylation sites is 1. The van der Waals surface area contributed by atoms with E-state index in [1.165, 1.54) is 0 Å². The van der Waals surface area contributed by atoms with Crippen LogP contribution in [-0.4, -0.2) is 27.8 Å². The van der Waals surface area contributed by atoms with Gasteiger partial charge in [0.1, 0.15) is 0 Å². The Labute approximate surface area is 128 Å². The Kier molecular flexibility index (Phi) is 3.47. The second kappa shape index (κ2) is 5.19. The minimum Gasteiger partial charge on any atom is -0.449 e. The predicted molar refractivity (Wildman–Crippen MR) is 84.0 cm³/mol. The molecule has 0 bridgehead atoms. The fraction of sp³-hybridized carbons (Fsp3) is 0.500. The highest BCUT2D eigenvalue weighted by atomic mass is 16.5. The third-order valence-electron chi connectivity index (χ3n) is 3.75. The number of amides is 1. The molecule has 0 aliphatic carbocycles. The van der Waals surface area contributed by atoms with Crippen LogP contribution in [-0.2, 0) is 17.7 Å². The van der Waals surface area contributed by atoms with Crippen molar-refractivity contribution in [2.75, 3.05) is 6.61 Å². The highest BCUT2D eigenvalue weighted by Crippen LogP contribution is 2.25. The minimum atomic E-state index is -0.419. The second-order valence-electron chi connectivity index (χ2n) is 6.90. The molecule has 118 valence electrons. The predicted octanol–water partition coefficient (Wildman–Crippen LogP) is 2.03. The van der Waals surface area contributed by atoms with Crippen molar-refractivity contribution >= 4 is 17.1 Å². The van der Waals surface area contributed by atoms with Gasteiger partial charge in [-0.3, -0.25) is 4.57 Å². The number of alkyl carbamates (subject to hydrolysis) is 1. The van der Waals surface area contributed by atoms with E-state index in [4.69, 9.17) is 4.74 Å². The number of hydrogen-bond donors (Lipinski definition) is 2. The zero-order chi connectivity index (χ0) is 15.9. The van der Waals surface area contributed by atoms with Crippen molar-refractivity contribution in [2.45, 2.75) is 39.3 Å². The van der Waals surface area contributed by atoms with Crippen LogP contribution in [0.15, 0.2) is 23.0 Å². The molecule has 2 heterocycles. The fourth-order valence-electron chi connectivity index (χ4n) is 2.92. The number of aromatic amines is 1. The standard InChI is InChI=1S/C16H21N3O3/c1-16(2,3)18-15(21)22-9-10-7-11-5-4-6-12-13(11)19(8-10)14(20)17-12/h4-6,10H,7-9H2,1-3H3,(H,17,20)(H,18,21). The van der Waals surface area contributed by atoms with Crippen molar-refractivity contribution in [3.63, 3.8) is 0 Å². The van der Waals surface area contributed by atoms with Crippen LogP contribution in [0.25, 0.3) is 11.0 Å². The van der Waals surface area contributed by atoms with Crippen LogP contribution >= 0.6 is 0 Å². The maximum Gasteiger partial charge on any atom is 0.407 e. The minimum absolute atomic E-state index is 0.105. The number of ether oxygens (including phenoxy) is 1. The molecule has 1 amide bonds. The lowest BCUT2D eigenvalue weighted by Gasteiger charge is -2.25. The van der Waals surface area contributed by atoms with Gasteiger partial charge in [0.05, 0.1) is 17.6 Å². The Bertz CT molecular complexity index is 767. The first-order valence-electron chi connectivity index (χ1n) is 7.49. The van der Waals surface area contributed by atoms with E-state index in [9.17, 15) is 9.59 Å². The summed E-state index contributed by atoms with van der Waals surface area (Å²) in [5.74, 6) is 0.109. The molecule has 1 unspecified atom stereocenters. The van der Waals surface area contributed by atoms with Crippen LogP contribution in [0.3, 0.4) is 0 Å². The molecule has 0 fully saturated rings. The van der Waals surface area contributed by atoms with E-state index in [-0.39, 0.29) is 17.1 Å². The van der Waals surface area contributed by atoms with Gasteiger partial charge in [0.25, 0.3) is 0 Å². The average molecular weight is 303 g/mol. The molecule has 0 saturated carbocycles. The quantitative estimate of drug-likeness (QED) is 0.891. The summed E-state index contributed by atoms with van der Waals surface area (Å²) < 4.78 is 7.05. The summed E-state index contributed by atoms with van der Waals surface area (Å²) in [6.07, 6.45) is 0.384. The van der Waals surface area contributed by atoms with Gasteiger partial charge in [-0.2, -0.15) is 0 Å². The van der Waals surface area contributed by atoms with Gasteiger partial charge in [0, 0.05) is 18.0 Å². The van der Waals surface area contributed by atoms with Crippen molar-refractivity contribution in [1.29, 1.82) is 0 Å². The zero-order valence-electron chi connectivity index (χ0n) is 13.1. The average Bonchev–Trinajstić information content (AvgIpc) is 2.73. The molecular formula is C16H21N3O3. The molecule has 1 aromatic heterocycles. The van der Waals surface area contributed by atoms with E-state index in [1.54, 1.807) is 4.57 Å². The van der Waals surface area contributed by atoms with E-state index < -0.39 is 6.09 Å². The summed E-state index contributed by atoms with van der Waals surface area (Å²) in [5, 5.41) is 2.77. The lowest BCUT2D eigenvalue weighted by molar-refractivity contribution is 0.114. The summed E-state index contributed by atoms with van der Waals surface area (Å²) in [7, 11) is 0. The molecule has 0 saturated heterocycles. The largest absolute Gasteiger partial charge is 0.449 e. The topological polar surface area (TPSA) is 76.1 Å². The molecule has 1 aromatic carbocycles. The van der Waals surface area contributed by atoms with Crippen molar-refractivity contribution in [2.24, 2.45) is 5.92 Å². The van der Waals surface area contributed by atoms with Gasteiger partial charge < -0.3 is 15.0 Å². The number of nitrogens with zero attached hydrogens (tertiary/aromatic N) is 1. The van der Waals surface area contributed by atoms with Crippen molar-refractivity contribution in [1.82, 2.24) is 14.9 Å². The second-order valence-corrected chi connectivity index (χ2v) is 6.90. The molecular weight excluding hydrogens is 282 g/mol. The molecule has 1 aliphatic rings. The maximum atomic E-state index is 12.0. The summed E-state index contributed by atoms with van der Waals surface area (Å²) in [6.45, 7) is 6.58. The summed E-state index contributed by atoms with van der Waals surface area (Å²) in [4.78, 5) is 26.6. The molecule has 22 heavy (non-hydrogen) atoms. The van der Waals surface area contributed by atoms with Crippen LogP contribution in [0.2, 0.25) is 0 Å². The Morgan fingerprint density at radius 3 is 2.95 bits per heavy atom. The Morgan fingerprint density at radius 1 is 1.45 bits per heavy atom. The summed E-state index contributed by atoms with van der Waals surface area (Å²) in [6, 6.07) is 5.87. The Morgan fingerprint density at radius 2 is 2.23 bits per heavy atom. The highest BCUT2D eigenvalue weighted by Gasteiger charge is 2.24. The van der Waals surface area contributed by atoms with E-state index in [0.717, 1.165) is 23.0 Å². The molecule has 6 heteroatoms. The van der Waals surface area contributed by atoms with Gasteiger partial charge in [0.15, 0.2) is 0 Å². The monoisotopic (exact) mass is 303 g/mol. The van der Waals surface area contributed by atoms with Gasteiger partial charge in [0.2, 0.25) is 0 Å². The lowest BCUT2D eigenvalue weighted by Crippen LogP contribution is -2.42. The molecule has 1 aliphatic heterocycles. The Balaban J connectivity index is 1.71. The van der Waals surface area contributed by atoms with Crippen molar-refractivity contribution in [3.8, 4) is 0 Å². The number of benzene rings is 1. The van der Waals surface area contributed by atoms with Crippen LogP contribution in [0.1, 0.15) is 26.3 Å². The van der Waals surface area contributed by atoms with E-state index in [1.807, 2.05) is 39.0 Å². The number of carbonyl (C=O) groups is 1. The zero-order valence-corrected chi connectivity index (χ0v) is 13.1. The molecule has 0 radical (unpaired) electrons. The van der Waals surface area contributed by atoms with Crippen molar-refractivity contribution in [3.05, 3.63) is 34.2 Å². The number of aromatic nitrogens is 2. The molecule has 0 spiro atoms. The summed E-state index contributed by atoms with van der Waals surface area (Å²) >= 11 is 0. The van der Waals surface area contributed by atoms with Gasteiger partial charge in [-0.1, -0.05) is 12.1 Å². The van der Waals surface area contributed by atoms with Gasteiger partial charge in [-0.05, 0) is 38.8 Å². The SMILES string of the molecule is CC(C)(C)NC(=O)OCC1Cc2cccc3[nH]c(=O)n(c23)C1. The third-order valence-corrected chi connectivity index (χ3v) is 3.75. The van der Waals surface area contributed by atoms with E-state index in [0.29, 0.717) is 13.2 Å². The highest BCUT2D eigenvalue weighted by molar-refractivity contribution is 5.79. The summed E-state index contributed by atoms with van der Waals surface area (Å²) in [5.41, 5.74) is 2.54. The number of carbonyl (C=O) groups excluding carboxylic acids is 1. The van der Waals surface area contributed by atoms with Gasteiger partial charge in [-0.25, -0.2) is 9.59 Å². The molecule has 3 rings (SSSR count). The number of hydrogen-bond acceptors (Lipinski definition) is 3. The van der Waals surface area contributed by atoms with Crippen LogP contribution < -0.4 is 11.0 Å². The normalized spacial score (nSPS) is 17.5. The van der Waals surface area contributed by atoms with Gasteiger partial charge >= 0.3 is 11.8 Å². The van der Waals surface area contributed by atoms with E-state index >= 15 is 0 Å². The van der Waals surface area contributed by atoms with Crippen LogP contribution in [0, 0.1) is 5.92 Å². The number of nitrogens with one attached hydrogen (secondary N) is 2. The molecule has 2 aromatic rings. The number of H-pyrrole nitrogens is 1. The fourth-order valence-corrected chi connectivity index (χ4v) is 2.92. The Hall–Kier alpha value is -2.24. The van der Waals surface area contributed by atoms with Gasteiger partial charge in [-0.15, -0.1) is 0 Å². The molecule has 6 nitrogen and oxygen atoms in total. The first-order valence-corrected chi connectivity index (χ1v) is 7.49. The molecule has 2 N–H and O–H groups in total. The first-order chi connectivity index (χ1) is 10.3. The number of rotatable bonds is 2. The van der Waals surface area contributed by atoms with E-state index in [2.05, 4.69) is 10.3 Å². The van der Waals surface area contributed by atoms with Crippen molar-refractivity contribution < 1.29 is 9.53 Å². The smallest absolute Gasteiger partial charge is 0.407 e. The maximum absolute atomic E-state index is 12.0. The van der Waals surface area contributed by atoms with Crippen LogP contribution in [0.4, 0.5) is 4.79 Å². The van der Waals surface area contributed by atoms with Crippen LogP contribution in [0.5, 0.6) is 0 Å².